The summed E-state index contributed by atoms with van der Waals surface area (Å²) in [6.07, 6.45) is 0.586. The van der Waals surface area contributed by atoms with Gasteiger partial charge in [-0.25, -0.2) is 0 Å². The fraction of sp³-hybridized carbons (Fsp3) is 0.500. The van der Waals surface area contributed by atoms with E-state index in [1.165, 1.54) is 4.90 Å². The first-order valence-electron chi connectivity index (χ1n) is 8.89. The zero-order valence-corrected chi connectivity index (χ0v) is 14.7. The Morgan fingerprint density at radius 3 is 3.00 bits per heavy atom. The van der Waals surface area contributed by atoms with Crippen molar-refractivity contribution in [3.63, 3.8) is 0 Å². The Bertz CT molecular complexity index is 766. The first kappa shape index (κ1) is 16.8. The monoisotopic (exact) mass is 358 g/mol. The first-order valence-corrected chi connectivity index (χ1v) is 8.89. The van der Waals surface area contributed by atoms with Crippen LogP contribution >= 0.6 is 0 Å². The lowest BCUT2D eigenvalue weighted by molar-refractivity contribution is -0.136. The second kappa shape index (κ2) is 6.60. The fourth-order valence-electron chi connectivity index (χ4n) is 3.81. The lowest BCUT2D eigenvalue weighted by Crippen LogP contribution is -2.55. The summed E-state index contributed by atoms with van der Waals surface area (Å²) in [4.78, 5) is 39.8. The number of piperazine rings is 1. The van der Waals surface area contributed by atoms with Gasteiger partial charge in [0.05, 0.1) is 11.7 Å². The number of imide groups is 1. The van der Waals surface area contributed by atoms with E-state index in [2.05, 4.69) is 15.5 Å². The van der Waals surface area contributed by atoms with Crippen molar-refractivity contribution < 1.29 is 19.1 Å². The van der Waals surface area contributed by atoms with Crippen LogP contribution in [0.15, 0.2) is 18.2 Å². The number of amides is 3. The van der Waals surface area contributed by atoms with Gasteiger partial charge in [0.2, 0.25) is 11.8 Å². The van der Waals surface area contributed by atoms with Crippen LogP contribution in [0, 0.1) is 0 Å². The largest absolute Gasteiger partial charge is 0.489 e. The van der Waals surface area contributed by atoms with Crippen molar-refractivity contribution >= 4 is 23.4 Å². The number of nitrogens with one attached hydrogen (secondary N) is 2. The molecule has 3 aliphatic rings. The summed E-state index contributed by atoms with van der Waals surface area (Å²) < 4.78 is 5.87. The molecule has 0 aromatic heterocycles. The first-order chi connectivity index (χ1) is 12.5. The number of hydrogen-bond acceptors (Lipinski definition) is 6. The number of nitrogens with zero attached hydrogens (tertiary/aromatic N) is 2. The summed E-state index contributed by atoms with van der Waals surface area (Å²) in [5, 5.41) is 5.65. The van der Waals surface area contributed by atoms with Gasteiger partial charge in [-0.1, -0.05) is 0 Å². The van der Waals surface area contributed by atoms with Gasteiger partial charge in [0.15, 0.2) is 0 Å². The maximum atomic E-state index is 12.8. The number of fused-ring (bicyclic) bond motifs is 3. The van der Waals surface area contributed by atoms with Crippen molar-refractivity contribution in [1.82, 2.24) is 15.5 Å². The number of carbonyl (C=O) groups excluding carboxylic acids is 3. The number of rotatable bonds is 2. The topological polar surface area (TPSA) is 91.0 Å². The van der Waals surface area contributed by atoms with Gasteiger partial charge >= 0.3 is 0 Å². The van der Waals surface area contributed by atoms with Gasteiger partial charge in [-0.15, -0.1) is 0 Å². The molecule has 0 aliphatic carbocycles. The van der Waals surface area contributed by atoms with Gasteiger partial charge < -0.3 is 19.9 Å². The van der Waals surface area contributed by atoms with E-state index >= 15 is 0 Å². The Morgan fingerprint density at radius 2 is 2.19 bits per heavy atom. The highest BCUT2D eigenvalue weighted by Crippen LogP contribution is 2.35. The zero-order chi connectivity index (χ0) is 18.3. The van der Waals surface area contributed by atoms with E-state index in [-0.39, 0.29) is 18.2 Å². The smallest absolute Gasteiger partial charge is 0.254 e. The molecule has 0 radical (unpaired) electrons. The molecule has 138 valence electrons. The summed E-state index contributed by atoms with van der Waals surface area (Å²) in [5.74, 6) is -0.270. The van der Waals surface area contributed by atoms with Gasteiger partial charge in [0, 0.05) is 38.7 Å². The Balaban J connectivity index is 1.54. The molecule has 1 unspecified atom stereocenters. The average Bonchev–Trinajstić information content (AvgIpc) is 2.66. The molecule has 3 amide bonds. The van der Waals surface area contributed by atoms with Gasteiger partial charge in [0.25, 0.3) is 5.91 Å². The Labute approximate surface area is 151 Å². The minimum atomic E-state index is -0.630. The van der Waals surface area contributed by atoms with Crippen LogP contribution in [0.2, 0.25) is 0 Å². The number of piperidine rings is 1. The summed E-state index contributed by atoms with van der Waals surface area (Å²) >= 11 is 0. The van der Waals surface area contributed by atoms with Crippen LogP contribution in [0.5, 0.6) is 5.75 Å². The molecule has 8 nitrogen and oxygen atoms in total. The number of carbonyl (C=O) groups is 3. The van der Waals surface area contributed by atoms with Crippen LogP contribution in [0.3, 0.4) is 0 Å². The lowest BCUT2D eigenvalue weighted by Gasteiger charge is -2.42. The third-order valence-corrected chi connectivity index (χ3v) is 5.30. The van der Waals surface area contributed by atoms with Crippen molar-refractivity contribution in [2.24, 2.45) is 0 Å². The normalized spacial score (nSPS) is 24.9. The predicted octanol–water partition coefficient (Wildman–Crippen LogP) is -0.266. The highest BCUT2D eigenvalue weighted by molar-refractivity contribution is 6.04. The molecule has 2 N–H and O–H groups in total. The fourth-order valence-corrected chi connectivity index (χ4v) is 3.81. The predicted molar refractivity (Wildman–Crippen MR) is 94.2 cm³/mol. The Hall–Kier alpha value is -2.61. The van der Waals surface area contributed by atoms with Crippen LogP contribution < -0.4 is 20.3 Å². The van der Waals surface area contributed by atoms with Crippen LogP contribution in [-0.4, -0.2) is 68.0 Å². The van der Waals surface area contributed by atoms with Crippen molar-refractivity contribution in [2.45, 2.75) is 24.9 Å². The van der Waals surface area contributed by atoms with Crippen LogP contribution in [0.1, 0.15) is 23.2 Å². The zero-order valence-electron chi connectivity index (χ0n) is 14.7. The van der Waals surface area contributed by atoms with Crippen molar-refractivity contribution in [1.29, 1.82) is 0 Å². The molecule has 1 aromatic carbocycles. The van der Waals surface area contributed by atoms with Gasteiger partial charge in [-0.2, -0.15) is 0 Å². The average molecular weight is 358 g/mol. The van der Waals surface area contributed by atoms with Gasteiger partial charge in [-0.05, 0) is 24.6 Å². The minimum absolute atomic E-state index is 0.242. The molecular weight excluding hydrogens is 336 g/mol. The highest BCUT2D eigenvalue weighted by Gasteiger charge is 2.34. The maximum Gasteiger partial charge on any atom is 0.254 e. The van der Waals surface area contributed by atoms with Gasteiger partial charge in [-0.3, -0.25) is 19.7 Å². The summed E-state index contributed by atoms with van der Waals surface area (Å²) in [5.41, 5.74) is 1.48. The maximum absolute atomic E-state index is 12.8. The number of hydrogen-bond donors (Lipinski definition) is 2. The number of ether oxygens (including phenoxy) is 1. The van der Waals surface area contributed by atoms with E-state index in [1.54, 1.807) is 19.2 Å². The van der Waals surface area contributed by atoms with E-state index in [4.69, 9.17) is 4.74 Å². The SMILES string of the molecule is CN(C(=O)c1ccc2c(c1)OC[C@@H]1CNCCN21)C1CCC(=O)NC1=O. The summed E-state index contributed by atoms with van der Waals surface area (Å²) in [6.45, 7) is 3.30. The molecule has 2 saturated heterocycles. The number of benzene rings is 1. The molecule has 0 bridgehead atoms. The van der Waals surface area contributed by atoms with Crippen molar-refractivity contribution in [3.05, 3.63) is 23.8 Å². The quantitative estimate of drug-likeness (QED) is 0.708. The summed E-state index contributed by atoms with van der Waals surface area (Å²) in [6, 6.07) is 5.12. The highest BCUT2D eigenvalue weighted by atomic mass is 16.5. The molecule has 4 rings (SSSR count). The number of anilines is 1. The van der Waals surface area contributed by atoms with Crippen LogP contribution in [0.4, 0.5) is 5.69 Å². The molecule has 8 heteroatoms. The van der Waals surface area contributed by atoms with Crippen molar-refractivity contribution in [3.8, 4) is 5.75 Å². The van der Waals surface area contributed by atoms with Crippen LogP contribution in [-0.2, 0) is 9.59 Å². The van der Waals surface area contributed by atoms with Crippen LogP contribution in [0.25, 0.3) is 0 Å². The van der Waals surface area contributed by atoms with E-state index in [1.807, 2.05) is 6.07 Å². The van der Waals surface area contributed by atoms with E-state index in [9.17, 15) is 14.4 Å². The molecule has 26 heavy (non-hydrogen) atoms. The molecule has 2 atom stereocenters. The molecular formula is C18H22N4O4. The molecule has 0 spiro atoms. The molecule has 3 aliphatic heterocycles. The third kappa shape index (κ3) is 2.90. The van der Waals surface area contributed by atoms with E-state index in [0.717, 1.165) is 25.3 Å². The Morgan fingerprint density at radius 1 is 1.35 bits per heavy atom. The van der Waals surface area contributed by atoms with E-state index in [0.29, 0.717) is 30.4 Å². The molecule has 2 fully saturated rings. The summed E-state index contributed by atoms with van der Waals surface area (Å²) in [7, 11) is 1.59. The second-order valence-corrected chi connectivity index (χ2v) is 6.93. The minimum Gasteiger partial charge on any atom is -0.489 e. The van der Waals surface area contributed by atoms with E-state index < -0.39 is 11.9 Å². The number of likely N-dealkylation sites (N-methyl/N-ethyl adjacent to an activating group) is 1. The standard InChI is InChI=1S/C18H22N4O4/c1-21(14-4-5-16(23)20-17(14)24)18(25)11-2-3-13-15(8-11)26-10-12-9-19-6-7-22(12)13/h2-3,8,12,14,19H,4-7,9-10H2,1H3,(H,20,23,24)/t12-,14?/m0/s1. The van der Waals surface area contributed by atoms with Gasteiger partial charge in [0.1, 0.15) is 18.4 Å². The molecule has 1 aromatic rings. The lowest BCUT2D eigenvalue weighted by atomic mass is 10.0. The molecule has 3 heterocycles. The second-order valence-electron chi connectivity index (χ2n) is 6.93. The van der Waals surface area contributed by atoms with Crippen molar-refractivity contribution in [2.75, 3.05) is 38.2 Å². The molecule has 0 saturated carbocycles. The Kier molecular flexibility index (Phi) is 4.28. The third-order valence-electron chi connectivity index (χ3n) is 5.30.